The number of hydrazone groups is 1. The van der Waals surface area contributed by atoms with Crippen molar-refractivity contribution in [3.8, 4) is 0 Å². The van der Waals surface area contributed by atoms with Crippen LogP contribution in [0.4, 0.5) is 5.69 Å². The molecule has 1 atom stereocenters. The van der Waals surface area contributed by atoms with Gasteiger partial charge in [0.15, 0.2) is 0 Å². The highest BCUT2D eigenvalue weighted by Crippen LogP contribution is 2.25. The fraction of sp³-hybridized carbons (Fsp3) is 0.429. The highest BCUT2D eigenvalue weighted by Gasteiger charge is 2.24. The molecule has 1 aliphatic heterocycles. The van der Waals surface area contributed by atoms with Crippen LogP contribution in [-0.2, 0) is 4.79 Å². The molecule has 1 unspecified atom stereocenters. The first-order valence-corrected chi connectivity index (χ1v) is 6.00. The molecule has 1 aliphatic rings. The third kappa shape index (κ3) is 2.38. The predicted octanol–water partition coefficient (Wildman–Crippen LogP) is 2.96. The van der Waals surface area contributed by atoms with Crippen LogP contribution in [0, 0.1) is 0 Å². The van der Waals surface area contributed by atoms with Gasteiger partial charge in [-0.2, -0.15) is 5.10 Å². The van der Waals surface area contributed by atoms with Crippen molar-refractivity contribution in [1.29, 1.82) is 0 Å². The largest absolute Gasteiger partial charge is 0.301 e. The molecule has 1 aromatic rings. The molecule has 0 aromatic heterocycles. The molecular weight excluding hydrogens is 212 g/mol. The van der Waals surface area contributed by atoms with Gasteiger partial charge in [0, 0.05) is 12.1 Å². The standard InChI is InChI=1S/C14H18N2O/c1-10(2)12-4-6-13(7-5-12)16-14(9-17)8-11(3)15-16/h4-7,9-10,14H,8H2,1-3H3. The summed E-state index contributed by atoms with van der Waals surface area (Å²) < 4.78 is 0. The van der Waals surface area contributed by atoms with Crippen LogP contribution in [0.5, 0.6) is 0 Å². The maximum absolute atomic E-state index is 11.0. The summed E-state index contributed by atoms with van der Waals surface area (Å²) in [5.74, 6) is 0.523. The van der Waals surface area contributed by atoms with Crippen molar-refractivity contribution >= 4 is 17.7 Å². The molecule has 0 radical (unpaired) electrons. The van der Waals surface area contributed by atoms with E-state index >= 15 is 0 Å². The number of hydrogen-bond acceptors (Lipinski definition) is 3. The molecule has 3 nitrogen and oxygen atoms in total. The lowest BCUT2D eigenvalue weighted by Gasteiger charge is -2.19. The van der Waals surface area contributed by atoms with Gasteiger partial charge in [0.05, 0.1) is 5.69 Å². The Morgan fingerprint density at radius 3 is 2.53 bits per heavy atom. The lowest BCUT2D eigenvalue weighted by molar-refractivity contribution is -0.108. The average molecular weight is 230 g/mol. The van der Waals surface area contributed by atoms with Gasteiger partial charge in [-0.3, -0.25) is 5.01 Å². The van der Waals surface area contributed by atoms with E-state index in [1.54, 1.807) is 0 Å². The van der Waals surface area contributed by atoms with Crippen molar-refractivity contribution in [2.24, 2.45) is 5.10 Å². The molecule has 0 fully saturated rings. The number of nitrogens with zero attached hydrogens (tertiary/aromatic N) is 2. The first kappa shape index (κ1) is 11.8. The maximum Gasteiger partial charge on any atom is 0.144 e. The van der Waals surface area contributed by atoms with Crippen LogP contribution >= 0.6 is 0 Å². The molecule has 0 amide bonds. The molecule has 1 aromatic carbocycles. The zero-order valence-electron chi connectivity index (χ0n) is 10.6. The van der Waals surface area contributed by atoms with Crippen LogP contribution in [-0.4, -0.2) is 18.0 Å². The van der Waals surface area contributed by atoms with Crippen molar-refractivity contribution in [2.45, 2.75) is 39.2 Å². The summed E-state index contributed by atoms with van der Waals surface area (Å²) in [7, 11) is 0. The Hall–Kier alpha value is -1.64. The topological polar surface area (TPSA) is 32.7 Å². The van der Waals surface area contributed by atoms with Crippen LogP contribution in [0.25, 0.3) is 0 Å². The molecule has 0 saturated carbocycles. The fourth-order valence-electron chi connectivity index (χ4n) is 2.05. The van der Waals surface area contributed by atoms with E-state index in [0.29, 0.717) is 5.92 Å². The Kier molecular flexibility index (Phi) is 3.27. The summed E-state index contributed by atoms with van der Waals surface area (Å²) in [4.78, 5) is 11.0. The number of hydrogen-bond donors (Lipinski definition) is 0. The number of benzene rings is 1. The molecule has 1 heterocycles. The Morgan fingerprint density at radius 2 is 2.00 bits per heavy atom. The second-order valence-corrected chi connectivity index (χ2v) is 4.83. The Balaban J connectivity index is 2.25. The molecule has 0 N–H and O–H groups in total. The van der Waals surface area contributed by atoms with E-state index in [4.69, 9.17) is 0 Å². The van der Waals surface area contributed by atoms with Gasteiger partial charge in [0.2, 0.25) is 0 Å². The zero-order valence-corrected chi connectivity index (χ0v) is 10.6. The summed E-state index contributed by atoms with van der Waals surface area (Å²) in [6.45, 7) is 6.29. The van der Waals surface area contributed by atoms with Gasteiger partial charge in [-0.25, -0.2) is 0 Å². The number of aldehydes is 1. The van der Waals surface area contributed by atoms with Crippen LogP contribution in [0.1, 0.15) is 38.7 Å². The van der Waals surface area contributed by atoms with Gasteiger partial charge in [-0.05, 0) is 30.5 Å². The lowest BCUT2D eigenvalue weighted by Crippen LogP contribution is -2.27. The third-order valence-electron chi connectivity index (χ3n) is 3.08. The Morgan fingerprint density at radius 1 is 1.35 bits per heavy atom. The van der Waals surface area contributed by atoms with E-state index in [9.17, 15) is 4.79 Å². The first-order chi connectivity index (χ1) is 8.11. The molecule has 0 saturated heterocycles. The molecule has 2 rings (SSSR count). The van der Waals surface area contributed by atoms with E-state index in [0.717, 1.165) is 24.1 Å². The molecule has 0 bridgehead atoms. The fourth-order valence-corrected chi connectivity index (χ4v) is 2.05. The quantitative estimate of drug-likeness (QED) is 0.748. The summed E-state index contributed by atoms with van der Waals surface area (Å²) in [6.07, 6.45) is 1.70. The smallest absolute Gasteiger partial charge is 0.144 e. The first-order valence-electron chi connectivity index (χ1n) is 6.00. The van der Waals surface area contributed by atoms with Gasteiger partial charge >= 0.3 is 0 Å². The number of carbonyl (C=O) groups is 1. The van der Waals surface area contributed by atoms with Crippen molar-refractivity contribution in [1.82, 2.24) is 0 Å². The second-order valence-electron chi connectivity index (χ2n) is 4.83. The van der Waals surface area contributed by atoms with Gasteiger partial charge in [-0.1, -0.05) is 26.0 Å². The molecular formula is C14H18N2O. The predicted molar refractivity (Wildman–Crippen MR) is 70.6 cm³/mol. The summed E-state index contributed by atoms with van der Waals surface area (Å²) in [6, 6.07) is 8.14. The monoisotopic (exact) mass is 230 g/mol. The summed E-state index contributed by atoms with van der Waals surface area (Å²) in [5, 5.41) is 6.22. The van der Waals surface area contributed by atoms with E-state index < -0.39 is 0 Å². The maximum atomic E-state index is 11.0. The van der Waals surface area contributed by atoms with Crippen LogP contribution in [0.2, 0.25) is 0 Å². The lowest BCUT2D eigenvalue weighted by atomic mass is 10.0. The van der Waals surface area contributed by atoms with Crippen LogP contribution in [0.3, 0.4) is 0 Å². The van der Waals surface area contributed by atoms with Gasteiger partial charge in [0.25, 0.3) is 0 Å². The minimum absolute atomic E-state index is 0.139. The highest BCUT2D eigenvalue weighted by atomic mass is 16.1. The van der Waals surface area contributed by atoms with Gasteiger partial charge < -0.3 is 4.79 Å². The number of rotatable bonds is 3. The van der Waals surface area contributed by atoms with Crippen molar-refractivity contribution in [2.75, 3.05) is 5.01 Å². The molecule has 0 spiro atoms. The molecule has 0 aliphatic carbocycles. The minimum Gasteiger partial charge on any atom is -0.301 e. The highest BCUT2D eigenvalue weighted by molar-refractivity contribution is 5.90. The zero-order chi connectivity index (χ0) is 12.4. The summed E-state index contributed by atoms with van der Waals surface area (Å²) >= 11 is 0. The van der Waals surface area contributed by atoms with E-state index in [2.05, 4.69) is 31.1 Å². The number of carbonyl (C=O) groups excluding carboxylic acids is 1. The van der Waals surface area contributed by atoms with Gasteiger partial charge in [-0.15, -0.1) is 0 Å². The van der Waals surface area contributed by atoms with Crippen molar-refractivity contribution < 1.29 is 4.79 Å². The van der Waals surface area contributed by atoms with Crippen molar-refractivity contribution in [3.63, 3.8) is 0 Å². The SMILES string of the molecule is CC1=NN(c2ccc(C(C)C)cc2)C(C=O)C1. The molecule has 90 valence electrons. The average Bonchev–Trinajstić information content (AvgIpc) is 2.70. The van der Waals surface area contributed by atoms with Crippen LogP contribution in [0.15, 0.2) is 29.4 Å². The third-order valence-corrected chi connectivity index (χ3v) is 3.08. The van der Waals surface area contributed by atoms with Crippen molar-refractivity contribution in [3.05, 3.63) is 29.8 Å². The van der Waals surface area contributed by atoms with E-state index in [-0.39, 0.29) is 6.04 Å². The number of anilines is 1. The Bertz CT molecular complexity index is 434. The summed E-state index contributed by atoms with van der Waals surface area (Å²) in [5.41, 5.74) is 3.30. The molecule has 3 heteroatoms. The second kappa shape index (κ2) is 4.70. The van der Waals surface area contributed by atoms with E-state index in [1.165, 1.54) is 5.56 Å². The van der Waals surface area contributed by atoms with E-state index in [1.807, 2.05) is 24.1 Å². The molecule has 17 heavy (non-hydrogen) atoms. The van der Waals surface area contributed by atoms with Crippen LogP contribution < -0.4 is 5.01 Å². The Labute approximate surface area is 102 Å². The van der Waals surface area contributed by atoms with Gasteiger partial charge in [0.1, 0.15) is 12.3 Å². The normalized spacial score (nSPS) is 19.6. The minimum atomic E-state index is -0.139.